The standard InChI is InChI=1S/C14H29NO4/c1-13(2,14(3,4)17)15-8-11(16)9-18-10-12-6-5-7-19-12/h11-12,15-17H,5-10H2,1-4H3. The average Bonchev–Trinajstić information content (AvgIpc) is 2.78. The first-order valence-electron chi connectivity index (χ1n) is 7.07. The molecule has 0 aliphatic carbocycles. The van der Waals surface area contributed by atoms with Gasteiger partial charge in [-0.05, 0) is 40.5 Å². The Balaban J connectivity index is 2.15. The van der Waals surface area contributed by atoms with Gasteiger partial charge in [-0.15, -0.1) is 0 Å². The number of ether oxygens (including phenoxy) is 2. The zero-order valence-electron chi connectivity index (χ0n) is 12.6. The summed E-state index contributed by atoms with van der Waals surface area (Å²) in [5.74, 6) is 0. The Morgan fingerprint density at radius 3 is 2.58 bits per heavy atom. The molecule has 0 radical (unpaired) electrons. The number of β-amino-alcohol motifs (C(OH)–C–C–N with tert-alkyl or cyclic N) is 1. The number of aliphatic hydroxyl groups is 2. The average molecular weight is 275 g/mol. The summed E-state index contributed by atoms with van der Waals surface area (Å²) in [7, 11) is 0. The van der Waals surface area contributed by atoms with Crippen LogP contribution in [0.25, 0.3) is 0 Å². The minimum absolute atomic E-state index is 0.188. The summed E-state index contributed by atoms with van der Waals surface area (Å²) in [4.78, 5) is 0. The van der Waals surface area contributed by atoms with Crippen molar-refractivity contribution in [1.29, 1.82) is 0 Å². The maximum absolute atomic E-state index is 9.99. The minimum atomic E-state index is -0.856. The molecule has 0 spiro atoms. The summed E-state index contributed by atoms with van der Waals surface area (Å²) in [6, 6.07) is 0. The van der Waals surface area contributed by atoms with E-state index in [9.17, 15) is 10.2 Å². The monoisotopic (exact) mass is 275 g/mol. The quantitative estimate of drug-likeness (QED) is 0.608. The lowest BCUT2D eigenvalue weighted by Gasteiger charge is -2.38. The van der Waals surface area contributed by atoms with E-state index in [0.29, 0.717) is 13.2 Å². The first-order chi connectivity index (χ1) is 8.72. The Morgan fingerprint density at radius 1 is 1.37 bits per heavy atom. The molecule has 5 heteroatoms. The molecule has 2 atom stereocenters. The molecule has 5 nitrogen and oxygen atoms in total. The molecule has 0 bridgehead atoms. The highest BCUT2D eigenvalue weighted by molar-refractivity contribution is 4.93. The van der Waals surface area contributed by atoms with E-state index in [1.807, 2.05) is 13.8 Å². The van der Waals surface area contributed by atoms with E-state index in [0.717, 1.165) is 19.4 Å². The van der Waals surface area contributed by atoms with E-state index in [4.69, 9.17) is 9.47 Å². The zero-order valence-corrected chi connectivity index (χ0v) is 12.6. The summed E-state index contributed by atoms with van der Waals surface area (Å²) < 4.78 is 10.9. The fourth-order valence-electron chi connectivity index (χ4n) is 1.76. The van der Waals surface area contributed by atoms with E-state index in [1.165, 1.54) is 0 Å². The second kappa shape index (κ2) is 6.99. The Bertz CT molecular complexity index is 257. The summed E-state index contributed by atoms with van der Waals surface area (Å²) >= 11 is 0. The molecule has 0 aromatic carbocycles. The van der Waals surface area contributed by atoms with E-state index >= 15 is 0 Å². The second-order valence-electron chi connectivity index (χ2n) is 6.39. The first kappa shape index (κ1) is 16.9. The van der Waals surface area contributed by atoms with Crippen LogP contribution in [0.1, 0.15) is 40.5 Å². The summed E-state index contributed by atoms with van der Waals surface area (Å²) in [6.07, 6.45) is 1.74. The van der Waals surface area contributed by atoms with Crippen molar-refractivity contribution in [3.63, 3.8) is 0 Å². The maximum atomic E-state index is 9.99. The van der Waals surface area contributed by atoms with Gasteiger partial charge < -0.3 is 25.0 Å². The molecule has 0 saturated carbocycles. The summed E-state index contributed by atoms with van der Waals surface area (Å²) in [5.41, 5.74) is -1.33. The van der Waals surface area contributed by atoms with Crippen LogP contribution >= 0.6 is 0 Å². The van der Waals surface area contributed by atoms with Gasteiger partial charge in [-0.3, -0.25) is 0 Å². The van der Waals surface area contributed by atoms with Gasteiger partial charge in [-0.2, -0.15) is 0 Å². The fraction of sp³-hybridized carbons (Fsp3) is 1.00. The molecule has 1 saturated heterocycles. The van der Waals surface area contributed by atoms with Crippen LogP contribution < -0.4 is 5.32 Å². The fourth-order valence-corrected chi connectivity index (χ4v) is 1.76. The lowest BCUT2D eigenvalue weighted by molar-refractivity contribution is -0.0311. The third kappa shape index (κ3) is 5.75. The SMILES string of the molecule is CC(C)(O)C(C)(C)NCC(O)COCC1CCCO1. The van der Waals surface area contributed by atoms with Crippen molar-refractivity contribution < 1.29 is 19.7 Å². The van der Waals surface area contributed by atoms with Crippen molar-refractivity contribution in [3.8, 4) is 0 Å². The molecule has 0 aromatic heterocycles. The topological polar surface area (TPSA) is 71.0 Å². The van der Waals surface area contributed by atoms with Gasteiger partial charge in [0.15, 0.2) is 0 Å². The van der Waals surface area contributed by atoms with Crippen molar-refractivity contribution in [3.05, 3.63) is 0 Å². The van der Waals surface area contributed by atoms with Crippen LogP contribution in [0.4, 0.5) is 0 Å². The number of nitrogens with one attached hydrogen (secondary N) is 1. The number of hydrogen-bond donors (Lipinski definition) is 3. The van der Waals surface area contributed by atoms with Crippen LogP contribution in [-0.4, -0.2) is 59.9 Å². The molecule has 1 heterocycles. The minimum Gasteiger partial charge on any atom is -0.389 e. The Labute approximate surface area is 116 Å². The smallest absolute Gasteiger partial charge is 0.0897 e. The number of aliphatic hydroxyl groups excluding tert-OH is 1. The van der Waals surface area contributed by atoms with E-state index in [-0.39, 0.29) is 12.7 Å². The van der Waals surface area contributed by atoms with Crippen molar-refractivity contribution in [2.75, 3.05) is 26.4 Å². The van der Waals surface area contributed by atoms with Crippen LogP contribution in [0.2, 0.25) is 0 Å². The third-order valence-corrected chi connectivity index (χ3v) is 3.95. The Hall–Kier alpha value is -0.200. The lowest BCUT2D eigenvalue weighted by Crippen LogP contribution is -2.57. The summed E-state index contributed by atoms with van der Waals surface area (Å²) in [6.45, 7) is 9.36. The van der Waals surface area contributed by atoms with Gasteiger partial charge in [0, 0.05) is 18.7 Å². The molecule has 0 amide bonds. The van der Waals surface area contributed by atoms with Crippen LogP contribution in [0, 0.1) is 0 Å². The van der Waals surface area contributed by atoms with Gasteiger partial charge in [-0.1, -0.05) is 0 Å². The lowest BCUT2D eigenvalue weighted by atomic mass is 9.86. The van der Waals surface area contributed by atoms with Gasteiger partial charge in [0.25, 0.3) is 0 Å². The highest BCUT2D eigenvalue weighted by atomic mass is 16.5. The van der Waals surface area contributed by atoms with Gasteiger partial charge in [-0.25, -0.2) is 0 Å². The largest absolute Gasteiger partial charge is 0.389 e. The molecule has 1 rings (SSSR count). The predicted octanol–water partition coefficient (Wildman–Crippen LogP) is 0.682. The van der Waals surface area contributed by atoms with Gasteiger partial charge in [0.05, 0.1) is 31.0 Å². The third-order valence-electron chi connectivity index (χ3n) is 3.95. The molecule has 1 aliphatic rings. The number of rotatable bonds is 8. The molecule has 3 N–H and O–H groups in total. The zero-order chi connectivity index (χ0) is 14.5. The van der Waals surface area contributed by atoms with Crippen LogP contribution in [0.15, 0.2) is 0 Å². The van der Waals surface area contributed by atoms with Crippen LogP contribution in [0.5, 0.6) is 0 Å². The highest BCUT2D eigenvalue weighted by Crippen LogP contribution is 2.20. The van der Waals surface area contributed by atoms with E-state index < -0.39 is 17.2 Å². The molecule has 19 heavy (non-hydrogen) atoms. The molecule has 2 unspecified atom stereocenters. The van der Waals surface area contributed by atoms with E-state index in [1.54, 1.807) is 13.8 Å². The normalized spacial score (nSPS) is 22.7. The Kier molecular flexibility index (Phi) is 6.20. The van der Waals surface area contributed by atoms with Crippen molar-refractivity contribution in [1.82, 2.24) is 5.32 Å². The van der Waals surface area contributed by atoms with E-state index in [2.05, 4.69) is 5.32 Å². The second-order valence-corrected chi connectivity index (χ2v) is 6.39. The number of hydrogen-bond acceptors (Lipinski definition) is 5. The maximum Gasteiger partial charge on any atom is 0.0897 e. The molecule has 1 aliphatic heterocycles. The summed E-state index contributed by atoms with van der Waals surface area (Å²) in [5, 5.41) is 23.0. The van der Waals surface area contributed by atoms with Gasteiger partial charge in [0.2, 0.25) is 0 Å². The van der Waals surface area contributed by atoms with Gasteiger partial charge in [0.1, 0.15) is 0 Å². The molecule has 114 valence electrons. The molecule has 1 fully saturated rings. The first-order valence-corrected chi connectivity index (χ1v) is 7.07. The van der Waals surface area contributed by atoms with Gasteiger partial charge >= 0.3 is 0 Å². The van der Waals surface area contributed by atoms with Crippen LogP contribution in [-0.2, 0) is 9.47 Å². The molecular weight excluding hydrogens is 246 g/mol. The van der Waals surface area contributed by atoms with Crippen molar-refractivity contribution in [2.45, 2.75) is 63.9 Å². The van der Waals surface area contributed by atoms with Crippen molar-refractivity contribution >= 4 is 0 Å². The highest BCUT2D eigenvalue weighted by Gasteiger charge is 2.34. The van der Waals surface area contributed by atoms with Crippen molar-refractivity contribution in [2.24, 2.45) is 0 Å². The van der Waals surface area contributed by atoms with Crippen LogP contribution in [0.3, 0.4) is 0 Å². The predicted molar refractivity (Wildman–Crippen MR) is 74.2 cm³/mol. The molecule has 0 aromatic rings. The molecular formula is C14H29NO4. The Morgan fingerprint density at radius 2 is 2.05 bits per heavy atom.